The largest absolute Gasteiger partial charge is 0.459 e. The molecule has 1 aromatic carbocycles. The molecule has 1 amide bonds. The Morgan fingerprint density at radius 2 is 2.12 bits per heavy atom. The van der Waals surface area contributed by atoms with Gasteiger partial charge in [0.2, 0.25) is 0 Å². The Morgan fingerprint density at radius 1 is 1.24 bits per heavy atom. The second-order valence-corrected chi connectivity index (χ2v) is 4.24. The van der Waals surface area contributed by atoms with Crippen LogP contribution in [0.5, 0.6) is 0 Å². The van der Waals surface area contributed by atoms with Crippen LogP contribution in [0.2, 0.25) is 0 Å². The summed E-state index contributed by atoms with van der Waals surface area (Å²) >= 11 is 0. The van der Waals surface area contributed by atoms with E-state index in [-0.39, 0.29) is 11.9 Å². The van der Waals surface area contributed by atoms with Crippen LogP contribution in [-0.2, 0) is 6.42 Å². The summed E-state index contributed by atoms with van der Waals surface area (Å²) in [6.07, 6.45) is 3.50. The van der Waals surface area contributed by atoms with Crippen molar-refractivity contribution in [3.63, 3.8) is 0 Å². The first-order chi connectivity index (χ1) is 8.34. The monoisotopic (exact) mass is 227 g/mol. The van der Waals surface area contributed by atoms with E-state index in [4.69, 9.17) is 4.42 Å². The molecule has 0 saturated carbocycles. The zero-order chi connectivity index (χ0) is 11.7. The molecule has 2 aromatic rings. The molecule has 3 nitrogen and oxygen atoms in total. The van der Waals surface area contributed by atoms with E-state index in [2.05, 4.69) is 17.4 Å². The summed E-state index contributed by atoms with van der Waals surface area (Å²) in [6, 6.07) is 11.8. The predicted octanol–water partition coefficient (Wildman–Crippen LogP) is 2.70. The van der Waals surface area contributed by atoms with Gasteiger partial charge < -0.3 is 9.73 Å². The number of hydrogen-bond acceptors (Lipinski definition) is 2. The van der Waals surface area contributed by atoms with Gasteiger partial charge >= 0.3 is 0 Å². The molecule has 3 heteroatoms. The van der Waals surface area contributed by atoms with Crippen LogP contribution >= 0.6 is 0 Å². The van der Waals surface area contributed by atoms with Crippen molar-refractivity contribution in [3.05, 3.63) is 59.5 Å². The molecule has 0 fully saturated rings. The van der Waals surface area contributed by atoms with Crippen LogP contribution in [0.4, 0.5) is 0 Å². The fourth-order valence-electron chi connectivity index (χ4n) is 2.34. The molecule has 1 aliphatic carbocycles. The van der Waals surface area contributed by atoms with E-state index in [1.807, 2.05) is 12.1 Å². The maximum Gasteiger partial charge on any atom is 0.287 e. The topological polar surface area (TPSA) is 42.2 Å². The van der Waals surface area contributed by atoms with E-state index in [1.165, 1.54) is 17.4 Å². The third-order valence-corrected chi connectivity index (χ3v) is 3.18. The molecule has 0 radical (unpaired) electrons. The summed E-state index contributed by atoms with van der Waals surface area (Å²) in [5, 5.41) is 3.00. The lowest BCUT2D eigenvalue weighted by Gasteiger charge is -2.12. The van der Waals surface area contributed by atoms with Gasteiger partial charge in [0.15, 0.2) is 5.76 Å². The van der Waals surface area contributed by atoms with Crippen molar-refractivity contribution in [1.82, 2.24) is 5.32 Å². The Bertz CT molecular complexity index is 531. The third kappa shape index (κ3) is 1.84. The number of aryl methyl sites for hydroxylation is 1. The lowest BCUT2D eigenvalue weighted by molar-refractivity contribution is 0.0908. The molecular formula is C14H13NO2. The molecule has 1 atom stereocenters. The van der Waals surface area contributed by atoms with E-state index < -0.39 is 0 Å². The van der Waals surface area contributed by atoms with E-state index in [9.17, 15) is 4.79 Å². The lowest BCUT2D eigenvalue weighted by atomic mass is 10.1. The molecule has 86 valence electrons. The number of rotatable bonds is 2. The molecule has 3 rings (SSSR count). The van der Waals surface area contributed by atoms with Crippen molar-refractivity contribution >= 4 is 5.91 Å². The average molecular weight is 227 g/mol. The summed E-state index contributed by atoms with van der Waals surface area (Å²) in [6.45, 7) is 0. The summed E-state index contributed by atoms with van der Waals surface area (Å²) in [5.41, 5.74) is 2.56. The molecule has 0 spiro atoms. The van der Waals surface area contributed by atoms with Crippen LogP contribution in [0.3, 0.4) is 0 Å². The molecule has 17 heavy (non-hydrogen) atoms. The molecule has 1 heterocycles. The van der Waals surface area contributed by atoms with Gasteiger partial charge in [-0.05, 0) is 36.1 Å². The summed E-state index contributed by atoms with van der Waals surface area (Å²) < 4.78 is 5.08. The van der Waals surface area contributed by atoms with Gasteiger partial charge in [-0.15, -0.1) is 0 Å². The van der Waals surface area contributed by atoms with Crippen LogP contribution < -0.4 is 5.32 Å². The molecule has 0 saturated heterocycles. The number of nitrogens with one attached hydrogen (secondary N) is 1. The van der Waals surface area contributed by atoms with Crippen LogP contribution in [0, 0.1) is 0 Å². The van der Waals surface area contributed by atoms with Gasteiger partial charge in [-0.3, -0.25) is 4.79 Å². The highest BCUT2D eigenvalue weighted by molar-refractivity contribution is 5.91. The standard InChI is InChI=1S/C14H13NO2/c16-14(13-6-3-9-17-13)15-12-8-7-10-4-1-2-5-11(10)12/h1-6,9,12H,7-8H2,(H,15,16). The summed E-state index contributed by atoms with van der Waals surface area (Å²) in [7, 11) is 0. The third-order valence-electron chi connectivity index (χ3n) is 3.18. The fourth-order valence-corrected chi connectivity index (χ4v) is 2.34. The van der Waals surface area contributed by atoms with Crippen molar-refractivity contribution in [2.45, 2.75) is 18.9 Å². The van der Waals surface area contributed by atoms with Crippen molar-refractivity contribution < 1.29 is 9.21 Å². The van der Waals surface area contributed by atoms with Crippen molar-refractivity contribution in [3.8, 4) is 0 Å². The van der Waals surface area contributed by atoms with Gasteiger partial charge in [-0.25, -0.2) is 0 Å². The van der Waals surface area contributed by atoms with Gasteiger partial charge in [0, 0.05) is 0 Å². The minimum Gasteiger partial charge on any atom is -0.459 e. The quantitative estimate of drug-likeness (QED) is 0.857. The molecule has 0 bridgehead atoms. The molecule has 1 unspecified atom stereocenters. The Balaban J connectivity index is 1.78. The van der Waals surface area contributed by atoms with Crippen LogP contribution in [0.1, 0.15) is 34.1 Å². The number of furan rings is 1. The SMILES string of the molecule is O=C(NC1CCc2ccccc21)c1ccco1. The first-order valence-electron chi connectivity index (χ1n) is 5.77. The highest BCUT2D eigenvalue weighted by Crippen LogP contribution is 2.30. The maximum atomic E-state index is 11.9. The highest BCUT2D eigenvalue weighted by atomic mass is 16.3. The minimum atomic E-state index is -0.142. The number of benzene rings is 1. The molecule has 1 aliphatic rings. The Morgan fingerprint density at radius 3 is 2.94 bits per heavy atom. The highest BCUT2D eigenvalue weighted by Gasteiger charge is 2.24. The maximum absolute atomic E-state index is 11.9. The van der Waals surface area contributed by atoms with E-state index in [1.54, 1.807) is 12.1 Å². The van der Waals surface area contributed by atoms with Gasteiger partial charge in [-0.1, -0.05) is 24.3 Å². The number of fused-ring (bicyclic) bond motifs is 1. The summed E-state index contributed by atoms with van der Waals surface area (Å²) in [4.78, 5) is 11.9. The molecular weight excluding hydrogens is 214 g/mol. The van der Waals surface area contributed by atoms with E-state index >= 15 is 0 Å². The second kappa shape index (κ2) is 4.09. The minimum absolute atomic E-state index is 0.115. The van der Waals surface area contributed by atoms with Gasteiger partial charge in [-0.2, -0.15) is 0 Å². The first-order valence-corrected chi connectivity index (χ1v) is 5.77. The van der Waals surface area contributed by atoms with Gasteiger partial charge in [0.1, 0.15) is 0 Å². The zero-order valence-electron chi connectivity index (χ0n) is 9.35. The van der Waals surface area contributed by atoms with Crippen molar-refractivity contribution in [2.24, 2.45) is 0 Å². The molecule has 1 aromatic heterocycles. The number of carbonyl (C=O) groups is 1. The van der Waals surface area contributed by atoms with Crippen LogP contribution in [0.15, 0.2) is 47.1 Å². The smallest absolute Gasteiger partial charge is 0.287 e. The lowest BCUT2D eigenvalue weighted by Crippen LogP contribution is -2.26. The Kier molecular flexibility index (Phi) is 2.44. The van der Waals surface area contributed by atoms with E-state index in [0.29, 0.717) is 5.76 Å². The first kappa shape index (κ1) is 10.1. The normalized spacial score (nSPS) is 17.8. The average Bonchev–Trinajstić information content (AvgIpc) is 2.98. The molecule has 1 N–H and O–H groups in total. The number of amides is 1. The molecule has 0 aliphatic heterocycles. The van der Waals surface area contributed by atoms with Crippen LogP contribution in [-0.4, -0.2) is 5.91 Å². The number of hydrogen-bond donors (Lipinski definition) is 1. The van der Waals surface area contributed by atoms with Gasteiger partial charge in [0.25, 0.3) is 5.91 Å². The van der Waals surface area contributed by atoms with Gasteiger partial charge in [0.05, 0.1) is 12.3 Å². The second-order valence-electron chi connectivity index (χ2n) is 4.24. The van der Waals surface area contributed by atoms with E-state index in [0.717, 1.165) is 12.8 Å². The van der Waals surface area contributed by atoms with Crippen molar-refractivity contribution in [1.29, 1.82) is 0 Å². The Labute approximate surface area is 99.4 Å². The van der Waals surface area contributed by atoms with Crippen LogP contribution in [0.25, 0.3) is 0 Å². The predicted molar refractivity (Wildman–Crippen MR) is 63.7 cm³/mol. The summed E-state index contributed by atoms with van der Waals surface area (Å²) in [5.74, 6) is 0.228. The zero-order valence-corrected chi connectivity index (χ0v) is 9.35. The van der Waals surface area contributed by atoms with Crippen molar-refractivity contribution in [2.75, 3.05) is 0 Å². The fraction of sp³-hybridized carbons (Fsp3) is 0.214. The Hall–Kier alpha value is -2.03. The number of carbonyl (C=O) groups excluding carboxylic acids is 1.